The van der Waals surface area contributed by atoms with Crippen molar-refractivity contribution in [2.24, 2.45) is 15.3 Å². The highest BCUT2D eigenvalue weighted by atomic mass is 16.6. The third kappa shape index (κ3) is 4.53. The minimum atomic E-state index is -0.930. The quantitative estimate of drug-likeness (QED) is 0.354. The molecule has 2 aromatic rings. The number of nitrogens with zero attached hydrogens (tertiary/aromatic N) is 5. The van der Waals surface area contributed by atoms with Crippen LogP contribution in [-0.2, 0) is 0 Å². The van der Waals surface area contributed by atoms with Gasteiger partial charge in [0.1, 0.15) is 17.4 Å². The normalized spacial score (nSPS) is 17.6. The van der Waals surface area contributed by atoms with Gasteiger partial charge in [-0.15, -0.1) is 5.11 Å². The smallest absolute Gasteiger partial charge is 0.296 e. The standard InChI is InChI=1S/C19H16N8O4/c1-11-10-14(24-22-12-6-2-4-8-15(12)26(28)29)18(21)19(17(11)20)25-23-13-7-3-5-9-16(13)27(30)31/h2-10,14,20-21,23H,1H3/t14-/m1/s1. The minimum absolute atomic E-state index is 0.0310. The molecule has 0 fully saturated rings. The second kappa shape index (κ2) is 8.82. The van der Waals surface area contributed by atoms with E-state index in [2.05, 4.69) is 20.8 Å². The summed E-state index contributed by atoms with van der Waals surface area (Å²) in [4.78, 5) is 21.1. The summed E-state index contributed by atoms with van der Waals surface area (Å²) in [6.07, 6.45) is 1.52. The van der Waals surface area contributed by atoms with Crippen LogP contribution in [0.25, 0.3) is 0 Å². The van der Waals surface area contributed by atoms with Crippen molar-refractivity contribution >= 4 is 39.9 Å². The van der Waals surface area contributed by atoms with Gasteiger partial charge >= 0.3 is 0 Å². The van der Waals surface area contributed by atoms with Crippen LogP contribution in [0.5, 0.6) is 0 Å². The molecule has 1 atom stereocenters. The number of nitro groups is 2. The lowest BCUT2D eigenvalue weighted by Gasteiger charge is -2.19. The van der Waals surface area contributed by atoms with Crippen LogP contribution < -0.4 is 5.43 Å². The van der Waals surface area contributed by atoms with E-state index in [9.17, 15) is 20.2 Å². The zero-order valence-electron chi connectivity index (χ0n) is 16.1. The maximum Gasteiger partial charge on any atom is 0.296 e. The van der Waals surface area contributed by atoms with Crippen molar-refractivity contribution < 1.29 is 9.85 Å². The highest BCUT2D eigenvalue weighted by Gasteiger charge is 2.28. The van der Waals surface area contributed by atoms with Crippen molar-refractivity contribution in [3.05, 3.63) is 80.4 Å². The summed E-state index contributed by atoms with van der Waals surface area (Å²) < 4.78 is 0. The van der Waals surface area contributed by atoms with Gasteiger partial charge in [0.15, 0.2) is 5.69 Å². The predicted molar refractivity (Wildman–Crippen MR) is 115 cm³/mol. The lowest BCUT2D eigenvalue weighted by Crippen LogP contribution is -2.36. The largest absolute Gasteiger partial charge is 0.300 e. The fourth-order valence-corrected chi connectivity index (χ4v) is 2.74. The molecule has 31 heavy (non-hydrogen) atoms. The number of azo groups is 1. The monoisotopic (exact) mass is 420 g/mol. The second-order valence-electron chi connectivity index (χ2n) is 6.39. The number of nitro benzene ring substituents is 2. The molecule has 3 N–H and O–H groups in total. The number of hydrazone groups is 1. The summed E-state index contributed by atoms with van der Waals surface area (Å²) in [5.74, 6) is 0. The summed E-state index contributed by atoms with van der Waals surface area (Å²) in [5.41, 5.74) is 2.41. The van der Waals surface area contributed by atoms with E-state index in [-0.39, 0.29) is 39.9 Å². The molecular weight excluding hydrogens is 404 g/mol. The maximum absolute atomic E-state index is 11.1. The summed E-state index contributed by atoms with van der Waals surface area (Å²) in [7, 11) is 0. The topological polar surface area (TPSA) is 183 Å². The zero-order chi connectivity index (χ0) is 22.5. The third-order valence-electron chi connectivity index (χ3n) is 4.35. The Balaban J connectivity index is 1.90. The predicted octanol–water partition coefficient (Wildman–Crippen LogP) is 4.42. The summed E-state index contributed by atoms with van der Waals surface area (Å²) in [6, 6.07) is 10.7. The van der Waals surface area contributed by atoms with E-state index in [4.69, 9.17) is 10.8 Å². The molecule has 0 bridgehead atoms. The highest BCUT2D eigenvalue weighted by Crippen LogP contribution is 2.28. The van der Waals surface area contributed by atoms with Crippen molar-refractivity contribution in [1.82, 2.24) is 0 Å². The lowest BCUT2D eigenvalue weighted by atomic mass is 9.91. The summed E-state index contributed by atoms with van der Waals surface area (Å²) in [5, 5.41) is 50.8. The SMILES string of the molecule is CC1=C[C@@H](N=Nc2ccccc2[N+](=O)[O-])C(=N)C(=NNc2ccccc2[N+](=O)[O-])C1=N. The molecule has 2 aromatic carbocycles. The van der Waals surface area contributed by atoms with E-state index in [0.29, 0.717) is 5.57 Å². The van der Waals surface area contributed by atoms with E-state index in [1.54, 1.807) is 19.1 Å². The van der Waals surface area contributed by atoms with Gasteiger partial charge < -0.3 is 5.41 Å². The van der Waals surface area contributed by atoms with Gasteiger partial charge in [-0.1, -0.05) is 24.3 Å². The number of benzene rings is 2. The van der Waals surface area contributed by atoms with Crippen molar-refractivity contribution in [3.8, 4) is 0 Å². The Morgan fingerprint density at radius 3 is 2.26 bits per heavy atom. The summed E-state index contributed by atoms with van der Waals surface area (Å²) in [6.45, 7) is 1.63. The van der Waals surface area contributed by atoms with Gasteiger partial charge in [-0.3, -0.25) is 31.1 Å². The number of rotatable bonds is 6. The van der Waals surface area contributed by atoms with Crippen molar-refractivity contribution in [3.63, 3.8) is 0 Å². The lowest BCUT2D eigenvalue weighted by molar-refractivity contribution is -0.384. The van der Waals surface area contributed by atoms with E-state index in [1.165, 1.54) is 42.5 Å². The van der Waals surface area contributed by atoms with Gasteiger partial charge in [-0.25, -0.2) is 0 Å². The maximum atomic E-state index is 11.1. The first kappa shape index (κ1) is 21.1. The van der Waals surface area contributed by atoms with Crippen molar-refractivity contribution in [1.29, 1.82) is 10.8 Å². The average Bonchev–Trinajstić information content (AvgIpc) is 2.75. The Labute approximate surface area is 175 Å². The van der Waals surface area contributed by atoms with Gasteiger partial charge in [0, 0.05) is 12.1 Å². The molecule has 0 spiro atoms. The number of hydrogen-bond acceptors (Lipinski definition) is 10. The third-order valence-corrected chi connectivity index (χ3v) is 4.35. The van der Waals surface area contributed by atoms with E-state index in [1.807, 2.05) is 0 Å². The van der Waals surface area contributed by atoms with Crippen LogP contribution in [0.2, 0.25) is 0 Å². The van der Waals surface area contributed by atoms with Crippen molar-refractivity contribution in [2.75, 3.05) is 5.43 Å². The Bertz CT molecular complexity index is 1180. The Morgan fingerprint density at radius 1 is 0.968 bits per heavy atom. The Kier molecular flexibility index (Phi) is 6.00. The molecule has 12 heteroatoms. The number of nitrogens with one attached hydrogen (secondary N) is 3. The van der Waals surface area contributed by atoms with Gasteiger partial charge in [-0.2, -0.15) is 10.2 Å². The van der Waals surface area contributed by atoms with Crippen LogP contribution >= 0.6 is 0 Å². The fourth-order valence-electron chi connectivity index (χ4n) is 2.74. The van der Waals surface area contributed by atoms with Crippen LogP contribution in [0.15, 0.2) is 75.5 Å². The van der Waals surface area contributed by atoms with E-state index >= 15 is 0 Å². The van der Waals surface area contributed by atoms with Gasteiger partial charge in [-0.05, 0) is 30.7 Å². The number of allylic oxidation sites excluding steroid dienone is 1. The second-order valence-corrected chi connectivity index (χ2v) is 6.39. The van der Waals surface area contributed by atoms with Crippen molar-refractivity contribution in [2.45, 2.75) is 13.0 Å². The molecule has 1 aliphatic rings. The van der Waals surface area contributed by atoms with Gasteiger partial charge in [0.25, 0.3) is 11.4 Å². The van der Waals surface area contributed by atoms with Gasteiger partial charge in [0.05, 0.1) is 21.3 Å². The number of para-hydroxylation sites is 3. The van der Waals surface area contributed by atoms with Crippen LogP contribution in [0, 0.1) is 31.0 Å². The fraction of sp³-hybridized carbons (Fsp3) is 0.105. The Hall–Kier alpha value is -4.61. The number of hydrogen-bond donors (Lipinski definition) is 3. The van der Waals surface area contributed by atoms with E-state index < -0.39 is 15.9 Å². The molecule has 156 valence electrons. The first-order valence-electron chi connectivity index (χ1n) is 8.87. The molecule has 0 saturated heterocycles. The number of anilines is 1. The van der Waals surface area contributed by atoms with Crippen LogP contribution in [0.1, 0.15) is 6.92 Å². The zero-order valence-corrected chi connectivity index (χ0v) is 16.1. The summed E-state index contributed by atoms with van der Waals surface area (Å²) >= 11 is 0. The molecule has 1 aliphatic carbocycles. The van der Waals surface area contributed by atoms with Crippen LogP contribution in [0.3, 0.4) is 0 Å². The first-order chi connectivity index (χ1) is 14.8. The molecule has 12 nitrogen and oxygen atoms in total. The minimum Gasteiger partial charge on any atom is -0.300 e. The molecular formula is C19H16N8O4. The molecule has 0 unspecified atom stereocenters. The van der Waals surface area contributed by atoms with Gasteiger partial charge in [0.2, 0.25) is 0 Å². The molecule has 0 amide bonds. The highest BCUT2D eigenvalue weighted by molar-refractivity contribution is 6.72. The molecule has 0 aliphatic heterocycles. The average molecular weight is 420 g/mol. The first-order valence-corrected chi connectivity index (χ1v) is 8.87. The molecule has 0 radical (unpaired) electrons. The molecule has 0 heterocycles. The molecule has 0 saturated carbocycles. The van der Waals surface area contributed by atoms with Crippen LogP contribution in [0.4, 0.5) is 22.7 Å². The Morgan fingerprint density at radius 2 is 1.58 bits per heavy atom. The van der Waals surface area contributed by atoms with E-state index in [0.717, 1.165) is 0 Å². The molecule has 3 rings (SSSR count). The molecule has 0 aromatic heterocycles. The van der Waals surface area contributed by atoms with Crippen LogP contribution in [-0.4, -0.2) is 33.0 Å².